The maximum Gasteiger partial charge on any atom is 0.268 e. The predicted octanol–water partition coefficient (Wildman–Crippen LogP) is 2.34. The van der Waals surface area contributed by atoms with Gasteiger partial charge in [0.1, 0.15) is 13.1 Å². The molecule has 13 heavy (non-hydrogen) atoms. The van der Waals surface area contributed by atoms with Crippen LogP contribution in [-0.2, 0) is 0 Å². The van der Waals surface area contributed by atoms with Gasteiger partial charge < -0.3 is 0 Å². The Kier molecular flexibility index (Phi) is 3.73. The summed E-state index contributed by atoms with van der Waals surface area (Å²) in [4.78, 5) is 16.1. The highest BCUT2D eigenvalue weighted by Gasteiger charge is 2.11. The fraction of sp³-hybridized carbons (Fsp3) is 0.500. The Morgan fingerprint density at radius 2 is 1.92 bits per heavy atom. The molecule has 0 aliphatic carbocycles. The molecule has 72 valence electrons. The van der Waals surface area contributed by atoms with E-state index in [1.165, 1.54) is 0 Å². The van der Waals surface area contributed by atoms with Crippen LogP contribution in [-0.4, -0.2) is 9.55 Å². The first-order valence-corrected chi connectivity index (χ1v) is 6.05. The lowest BCUT2D eigenvalue weighted by Gasteiger charge is -2.13. The molecule has 0 amide bonds. The third-order valence-corrected chi connectivity index (χ3v) is 4.50. The molecule has 1 aromatic heterocycles. The van der Waals surface area contributed by atoms with E-state index >= 15 is 0 Å². The molecule has 3 nitrogen and oxygen atoms in total. The molecule has 0 aliphatic rings. The van der Waals surface area contributed by atoms with Crippen molar-refractivity contribution in [2.75, 3.05) is 0 Å². The number of aromatic nitrogens is 2. The molecule has 0 N–H and O–H groups in total. The molecular formula is C8H10I2N2O. The number of hydrogen-bond donors (Lipinski definition) is 0. The Balaban J connectivity index is 3.54. The molecule has 5 heteroatoms. The van der Waals surface area contributed by atoms with Gasteiger partial charge in [-0.3, -0.25) is 9.36 Å². The van der Waals surface area contributed by atoms with Crippen LogP contribution in [0.15, 0.2) is 4.79 Å². The van der Waals surface area contributed by atoms with Gasteiger partial charge in [0.25, 0.3) is 5.56 Å². The fourth-order valence-electron chi connectivity index (χ4n) is 1.19. The number of aryl methyl sites for hydroxylation is 1. The van der Waals surface area contributed by atoms with Crippen LogP contribution in [0.2, 0.25) is 0 Å². The Morgan fingerprint density at radius 3 is 2.38 bits per heavy atom. The monoisotopic (exact) mass is 404 g/mol. The van der Waals surface area contributed by atoms with Gasteiger partial charge in [0, 0.05) is 6.04 Å². The van der Waals surface area contributed by atoms with Gasteiger partial charge in [0.15, 0.2) is 0 Å². The molecule has 0 saturated heterocycles. The molecule has 0 unspecified atom stereocenters. The van der Waals surface area contributed by atoms with E-state index in [0.717, 1.165) is 9.53 Å². The third kappa shape index (κ3) is 2.23. The van der Waals surface area contributed by atoms with E-state index in [9.17, 15) is 4.79 Å². The van der Waals surface area contributed by atoms with E-state index in [2.05, 4.69) is 27.6 Å². The Hall–Kier alpha value is 0.340. The van der Waals surface area contributed by atoms with Crippen molar-refractivity contribution in [2.24, 2.45) is 0 Å². The van der Waals surface area contributed by atoms with Crippen molar-refractivity contribution in [2.45, 2.75) is 26.8 Å². The van der Waals surface area contributed by atoms with Crippen LogP contribution in [0.3, 0.4) is 0 Å². The first-order valence-electron chi connectivity index (χ1n) is 3.89. The average Bonchev–Trinajstić information content (AvgIpc) is 1.99. The molecule has 0 aliphatic heterocycles. The molecule has 0 bridgehead atoms. The molecule has 1 heterocycles. The molecule has 0 spiro atoms. The maximum atomic E-state index is 11.8. The van der Waals surface area contributed by atoms with E-state index < -0.39 is 0 Å². The van der Waals surface area contributed by atoms with Crippen molar-refractivity contribution in [3.8, 4) is 0 Å². The first-order chi connectivity index (χ1) is 5.95. The van der Waals surface area contributed by atoms with Crippen LogP contribution < -0.4 is 5.56 Å². The van der Waals surface area contributed by atoms with Crippen LogP contribution in [0.4, 0.5) is 0 Å². The molecule has 0 fully saturated rings. The summed E-state index contributed by atoms with van der Waals surface area (Å²) in [6.45, 7) is 5.83. The van der Waals surface area contributed by atoms with Crippen LogP contribution in [0, 0.1) is 14.2 Å². The van der Waals surface area contributed by atoms with Crippen molar-refractivity contribution in [3.05, 3.63) is 23.4 Å². The highest BCUT2D eigenvalue weighted by molar-refractivity contribution is 14.1. The van der Waals surface area contributed by atoms with Crippen molar-refractivity contribution in [1.29, 1.82) is 0 Å². The summed E-state index contributed by atoms with van der Waals surface area (Å²) in [5.74, 6) is 0.782. The van der Waals surface area contributed by atoms with Crippen molar-refractivity contribution < 1.29 is 0 Å². The smallest absolute Gasteiger partial charge is 0.268 e. The molecular weight excluding hydrogens is 394 g/mol. The Bertz CT molecular complexity index is 384. The highest BCUT2D eigenvalue weighted by Crippen LogP contribution is 2.11. The van der Waals surface area contributed by atoms with E-state index in [0.29, 0.717) is 3.57 Å². The second kappa shape index (κ2) is 4.24. The lowest BCUT2D eigenvalue weighted by atomic mass is 10.3. The summed E-state index contributed by atoms with van der Waals surface area (Å²) in [5, 5.41) is 0. The Morgan fingerprint density at radius 1 is 1.38 bits per heavy atom. The lowest BCUT2D eigenvalue weighted by molar-refractivity contribution is 0.544. The van der Waals surface area contributed by atoms with Gasteiger partial charge in [-0.2, -0.15) is 0 Å². The third-order valence-electron chi connectivity index (χ3n) is 1.71. The van der Waals surface area contributed by atoms with E-state index in [1.54, 1.807) is 4.57 Å². The van der Waals surface area contributed by atoms with Crippen LogP contribution >= 0.6 is 45.2 Å². The predicted molar refractivity (Wildman–Crippen MR) is 69.1 cm³/mol. The molecule has 0 atom stereocenters. The second-order valence-electron chi connectivity index (χ2n) is 3.03. The van der Waals surface area contributed by atoms with Gasteiger partial charge in [-0.05, 0) is 66.0 Å². The van der Waals surface area contributed by atoms with Gasteiger partial charge in [-0.15, -0.1) is 0 Å². The largest absolute Gasteiger partial charge is 0.293 e. The number of nitrogens with zero attached hydrogens (tertiary/aromatic N) is 2. The van der Waals surface area contributed by atoms with Gasteiger partial charge >= 0.3 is 0 Å². The van der Waals surface area contributed by atoms with Gasteiger partial charge in [0.05, 0.1) is 0 Å². The zero-order chi connectivity index (χ0) is 10.2. The summed E-state index contributed by atoms with van der Waals surface area (Å²) in [5.41, 5.74) is 0.0625. The highest BCUT2D eigenvalue weighted by atomic mass is 127. The summed E-state index contributed by atoms with van der Waals surface area (Å²) in [7, 11) is 0. The van der Waals surface area contributed by atoms with Crippen LogP contribution in [0.5, 0.6) is 0 Å². The van der Waals surface area contributed by atoms with Crippen molar-refractivity contribution in [1.82, 2.24) is 9.55 Å². The van der Waals surface area contributed by atoms with Gasteiger partial charge in [0.2, 0.25) is 0 Å². The maximum absolute atomic E-state index is 11.8. The quantitative estimate of drug-likeness (QED) is 0.533. The second-order valence-corrected chi connectivity index (χ2v) is 5.13. The number of hydrogen-bond acceptors (Lipinski definition) is 2. The molecule has 1 aromatic rings. The SMILES string of the molecule is Cc1nc(I)c(I)c(=O)n1C(C)C. The zero-order valence-electron chi connectivity index (χ0n) is 7.64. The fourth-order valence-corrected chi connectivity index (χ4v) is 2.15. The minimum absolute atomic E-state index is 0.0625. The average molecular weight is 404 g/mol. The van der Waals surface area contributed by atoms with Crippen LogP contribution in [0.1, 0.15) is 25.7 Å². The molecule has 0 radical (unpaired) electrons. The number of rotatable bonds is 1. The zero-order valence-corrected chi connectivity index (χ0v) is 12.0. The standard InChI is InChI=1S/C8H10I2N2O/c1-4(2)12-5(3)11-7(10)6(9)8(12)13/h4H,1-3H3. The molecule has 1 rings (SSSR count). The molecule has 0 saturated carbocycles. The van der Waals surface area contributed by atoms with E-state index in [4.69, 9.17) is 0 Å². The van der Waals surface area contributed by atoms with Gasteiger partial charge in [-0.1, -0.05) is 0 Å². The van der Waals surface area contributed by atoms with E-state index in [1.807, 2.05) is 43.4 Å². The summed E-state index contributed by atoms with van der Waals surface area (Å²) in [6.07, 6.45) is 0. The normalized spacial score (nSPS) is 10.9. The Labute approximate surface area is 104 Å². The number of halogens is 2. The topological polar surface area (TPSA) is 34.9 Å². The van der Waals surface area contributed by atoms with Gasteiger partial charge in [-0.25, -0.2) is 4.98 Å². The summed E-state index contributed by atoms with van der Waals surface area (Å²) >= 11 is 4.12. The first kappa shape index (κ1) is 11.4. The van der Waals surface area contributed by atoms with Crippen LogP contribution in [0.25, 0.3) is 0 Å². The summed E-state index contributed by atoms with van der Waals surface area (Å²) < 4.78 is 3.21. The van der Waals surface area contributed by atoms with E-state index in [-0.39, 0.29) is 11.6 Å². The van der Waals surface area contributed by atoms with Crippen molar-refractivity contribution in [3.63, 3.8) is 0 Å². The summed E-state index contributed by atoms with van der Waals surface area (Å²) in [6, 6.07) is 0.172. The lowest BCUT2D eigenvalue weighted by Crippen LogP contribution is -2.28. The van der Waals surface area contributed by atoms with Crippen molar-refractivity contribution >= 4 is 45.2 Å². The minimum atomic E-state index is 0.0625. The molecule has 0 aromatic carbocycles. The minimum Gasteiger partial charge on any atom is -0.293 e.